The van der Waals surface area contributed by atoms with Crippen LogP contribution in [0.3, 0.4) is 0 Å². The number of fused-ring (bicyclic) bond motifs is 1. The number of aryl methyl sites for hydroxylation is 1. The molecule has 0 radical (unpaired) electrons. The Hall–Kier alpha value is -2.57. The van der Waals surface area contributed by atoms with Gasteiger partial charge in [-0.3, -0.25) is 0 Å². The molecule has 0 aliphatic rings. The predicted octanol–water partition coefficient (Wildman–Crippen LogP) is 3.06. The molecule has 0 amide bonds. The fourth-order valence-corrected chi connectivity index (χ4v) is 1.88. The third-order valence-corrected chi connectivity index (χ3v) is 2.87. The first-order valence-corrected chi connectivity index (χ1v) is 5.67. The summed E-state index contributed by atoms with van der Waals surface area (Å²) in [7, 11) is 0. The third kappa shape index (κ3) is 1.78. The van der Waals surface area contributed by atoms with Crippen molar-refractivity contribution in [1.29, 1.82) is 0 Å². The molecule has 0 saturated carbocycles. The molecule has 0 aliphatic heterocycles. The van der Waals surface area contributed by atoms with Gasteiger partial charge >= 0.3 is 0 Å². The number of nitrogens with one attached hydrogen (secondary N) is 1. The average molecular weight is 279 g/mol. The molecule has 1 aromatic carbocycles. The van der Waals surface area contributed by atoms with Crippen LogP contribution in [-0.2, 0) is 0 Å². The highest BCUT2D eigenvalue weighted by Gasteiger charge is 2.21. The van der Waals surface area contributed by atoms with Crippen LogP contribution < -0.4 is 0 Å². The summed E-state index contributed by atoms with van der Waals surface area (Å²) in [6.45, 7) is 1.76. The van der Waals surface area contributed by atoms with Crippen molar-refractivity contribution in [3.63, 3.8) is 0 Å². The number of phenols is 1. The van der Waals surface area contributed by atoms with Gasteiger partial charge < -0.3 is 10.1 Å². The van der Waals surface area contributed by atoms with Crippen molar-refractivity contribution in [2.75, 3.05) is 0 Å². The second kappa shape index (κ2) is 4.22. The smallest absolute Gasteiger partial charge is 0.203 e. The lowest BCUT2D eigenvalue weighted by molar-refractivity contribution is 0.377. The maximum Gasteiger partial charge on any atom is 0.203 e. The number of benzene rings is 1. The van der Waals surface area contributed by atoms with Crippen molar-refractivity contribution in [1.82, 2.24) is 15.0 Å². The lowest BCUT2D eigenvalue weighted by Crippen LogP contribution is -1.94. The molecule has 2 heterocycles. The van der Waals surface area contributed by atoms with E-state index in [-0.39, 0.29) is 11.4 Å². The topological polar surface area (TPSA) is 61.8 Å². The van der Waals surface area contributed by atoms with E-state index in [1.807, 2.05) is 0 Å². The van der Waals surface area contributed by atoms with Crippen molar-refractivity contribution in [2.24, 2.45) is 0 Å². The molecule has 7 heteroatoms. The SMILES string of the molecule is Cc1ccc2[nH]c(-c3cc(F)c(F)c(O)c3F)nc2n1. The maximum atomic E-state index is 13.8. The minimum atomic E-state index is -1.63. The number of aromatic hydroxyl groups is 1. The highest BCUT2D eigenvalue weighted by atomic mass is 19.2. The van der Waals surface area contributed by atoms with Crippen LogP contribution in [0.25, 0.3) is 22.6 Å². The minimum Gasteiger partial charge on any atom is -0.503 e. The Kier molecular flexibility index (Phi) is 2.63. The maximum absolute atomic E-state index is 13.8. The van der Waals surface area contributed by atoms with Crippen LogP contribution in [0.5, 0.6) is 5.75 Å². The molecule has 3 rings (SSSR count). The highest BCUT2D eigenvalue weighted by molar-refractivity contribution is 5.76. The van der Waals surface area contributed by atoms with Crippen LogP contribution in [0.1, 0.15) is 5.69 Å². The number of aromatic amines is 1. The molecule has 0 fully saturated rings. The van der Waals surface area contributed by atoms with Gasteiger partial charge in [-0.25, -0.2) is 18.7 Å². The molecular weight excluding hydrogens is 271 g/mol. The van der Waals surface area contributed by atoms with Gasteiger partial charge in [0.05, 0.1) is 11.1 Å². The van der Waals surface area contributed by atoms with E-state index in [1.54, 1.807) is 19.1 Å². The molecule has 20 heavy (non-hydrogen) atoms. The van der Waals surface area contributed by atoms with Crippen molar-refractivity contribution < 1.29 is 18.3 Å². The summed E-state index contributed by atoms with van der Waals surface area (Å²) in [5.74, 6) is -5.67. The Labute approximate surface area is 110 Å². The Balaban J connectivity index is 2.25. The van der Waals surface area contributed by atoms with Crippen LogP contribution in [0.15, 0.2) is 18.2 Å². The van der Waals surface area contributed by atoms with E-state index in [2.05, 4.69) is 15.0 Å². The molecule has 2 N–H and O–H groups in total. The summed E-state index contributed by atoms with van der Waals surface area (Å²) in [4.78, 5) is 10.9. The number of halogens is 3. The average Bonchev–Trinajstić information content (AvgIpc) is 2.83. The fraction of sp³-hybridized carbons (Fsp3) is 0.0769. The lowest BCUT2D eigenvalue weighted by Gasteiger charge is -2.03. The van der Waals surface area contributed by atoms with Crippen LogP contribution in [0, 0.1) is 24.4 Å². The van der Waals surface area contributed by atoms with E-state index in [0.717, 1.165) is 0 Å². The number of pyridine rings is 1. The summed E-state index contributed by atoms with van der Waals surface area (Å²) in [6.07, 6.45) is 0. The summed E-state index contributed by atoms with van der Waals surface area (Å²) in [5, 5.41) is 9.20. The second-order valence-electron chi connectivity index (χ2n) is 4.29. The zero-order valence-corrected chi connectivity index (χ0v) is 10.2. The van der Waals surface area contributed by atoms with Crippen molar-refractivity contribution in [3.05, 3.63) is 41.3 Å². The van der Waals surface area contributed by atoms with Crippen molar-refractivity contribution >= 4 is 11.2 Å². The summed E-state index contributed by atoms with van der Waals surface area (Å²) < 4.78 is 40.1. The molecule has 0 saturated heterocycles. The van der Waals surface area contributed by atoms with Gasteiger partial charge in [0.2, 0.25) is 5.82 Å². The van der Waals surface area contributed by atoms with E-state index >= 15 is 0 Å². The van der Waals surface area contributed by atoms with E-state index in [1.165, 1.54) is 0 Å². The molecule has 0 unspecified atom stereocenters. The molecule has 0 atom stereocenters. The van der Waals surface area contributed by atoms with Gasteiger partial charge in [-0.1, -0.05) is 0 Å². The molecule has 4 nitrogen and oxygen atoms in total. The molecule has 0 bridgehead atoms. The van der Waals surface area contributed by atoms with Crippen LogP contribution in [-0.4, -0.2) is 20.1 Å². The Morgan fingerprint density at radius 1 is 1.10 bits per heavy atom. The molecule has 2 aromatic heterocycles. The van der Waals surface area contributed by atoms with Gasteiger partial charge in [-0.05, 0) is 25.1 Å². The van der Waals surface area contributed by atoms with E-state index in [4.69, 9.17) is 0 Å². The van der Waals surface area contributed by atoms with E-state index in [0.29, 0.717) is 22.9 Å². The summed E-state index contributed by atoms with van der Waals surface area (Å²) >= 11 is 0. The highest BCUT2D eigenvalue weighted by Crippen LogP contribution is 2.31. The van der Waals surface area contributed by atoms with Crippen LogP contribution in [0.2, 0.25) is 0 Å². The predicted molar refractivity (Wildman–Crippen MR) is 65.6 cm³/mol. The minimum absolute atomic E-state index is 0.0372. The number of H-pyrrole nitrogens is 1. The standard InChI is InChI=1S/C13H8F3N3O/c1-5-2-3-8-13(17-5)19-12(18-8)6-4-7(14)10(16)11(20)9(6)15/h2-4,20H,1H3,(H,17,18,19). The fourth-order valence-electron chi connectivity index (χ4n) is 1.88. The van der Waals surface area contributed by atoms with Gasteiger partial charge in [0.1, 0.15) is 5.82 Å². The quantitative estimate of drug-likeness (QED) is 0.673. The van der Waals surface area contributed by atoms with Gasteiger partial charge in [-0.15, -0.1) is 0 Å². The zero-order chi connectivity index (χ0) is 14.4. The normalized spacial score (nSPS) is 11.2. The second-order valence-corrected chi connectivity index (χ2v) is 4.29. The number of rotatable bonds is 1. The first-order chi connectivity index (χ1) is 9.47. The number of nitrogens with zero attached hydrogens (tertiary/aromatic N) is 2. The van der Waals surface area contributed by atoms with Crippen molar-refractivity contribution in [2.45, 2.75) is 6.92 Å². The Morgan fingerprint density at radius 3 is 2.60 bits per heavy atom. The molecule has 0 spiro atoms. The van der Waals surface area contributed by atoms with Gasteiger partial charge in [0.25, 0.3) is 0 Å². The number of hydrogen-bond acceptors (Lipinski definition) is 3. The third-order valence-electron chi connectivity index (χ3n) is 2.87. The molecule has 0 aliphatic carbocycles. The van der Waals surface area contributed by atoms with E-state index < -0.39 is 23.2 Å². The number of phenolic OH excluding ortho intramolecular Hbond substituents is 1. The number of hydrogen-bond donors (Lipinski definition) is 2. The van der Waals surface area contributed by atoms with Crippen LogP contribution >= 0.6 is 0 Å². The summed E-state index contributed by atoms with van der Waals surface area (Å²) in [6, 6.07) is 4.05. The lowest BCUT2D eigenvalue weighted by atomic mass is 10.1. The van der Waals surface area contributed by atoms with Gasteiger partial charge in [0.15, 0.2) is 23.0 Å². The number of imidazole rings is 1. The first-order valence-electron chi connectivity index (χ1n) is 5.67. The van der Waals surface area contributed by atoms with E-state index in [9.17, 15) is 18.3 Å². The molecule has 3 aromatic rings. The monoisotopic (exact) mass is 279 g/mol. The Morgan fingerprint density at radius 2 is 1.85 bits per heavy atom. The molecular formula is C13H8F3N3O. The van der Waals surface area contributed by atoms with Gasteiger partial charge in [0, 0.05) is 5.69 Å². The first kappa shape index (κ1) is 12.5. The largest absolute Gasteiger partial charge is 0.503 e. The molecule has 102 valence electrons. The van der Waals surface area contributed by atoms with Crippen LogP contribution in [0.4, 0.5) is 13.2 Å². The summed E-state index contributed by atoms with van der Waals surface area (Å²) in [5.41, 5.74) is 1.19. The number of aromatic nitrogens is 3. The van der Waals surface area contributed by atoms with Crippen molar-refractivity contribution in [3.8, 4) is 17.1 Å². The zero-order valence-electron chi connectivity index (χ0n) is 10.2. The Bertz CT molecular complexity index is 829. The van der Waals surface area contributed by atoms with Gasteiger partial charge in [-0.2, -0.15) is 4.39 Å².